The molecule has 1 aliphatic carbocycles. The summed E-state index contributed by atoms with van der Waals surface area (Å²) in [6, 6.07) is 11.1. The largest absolute Gasteiger partial charge is 0.369 e. The molecule has 0 aromatic heterocycles. The fourth-order valence-corrected chi connectivity index (χ4v) is 2.39. The van der Waals surface area contributed by atoms with Crippen LogP contribution in [0.25, 0.3) is 0 Å². The average molecular weight is 245 g/mol. The second kappa shape index (κ2) is 4.88. The summed E-state index contributed by atoms with van der Waals surface area (Å²) in [5.41, 5.74) is 1.24. The lowest BCUT2D eigenvalue weighted by atomic mass is 10.3. The molecule has 1 saturated heterocycles. The lowest BCUT2D eigenvalue weighted by molar-refractivity contribution is 0.237. The van der Waals surface area contributed by atoms with Crippen LogP contribution < -0.4 is 15.5 Å². The number of nitrogens with one attached hydrogen (secondary N) is 2. The minimum absolute atomic E-state index is 0.00240. The van der Waals surface area contributed by atoms with Gasteiger partial charge in [-0.2, -0.15) is 0 Å². The zero-order chi connectivity index (χ0) is 12.4. The van der Waals surface area contributed by atoms with Crippen LogP contribution in [0.5, 0.6) is 0 Å². The molecule has 4 heteroatoms. The molecule has 1 aromatic rings. The van der Waals surface area contributed by atoms with Gasteiger partial charge in [0.25, 0.3) is 0 Å². The molecule has 4 nitrogen and oxygen atoms in total. The molecule has 1 saturated carbocycles. The minimum Gasteiger partial charge on any atom is -0.369 e. The Bertz CT molecular complexity index is 416. The van der Waals surface area contributed by atoms with Crippen molar-refractivity contribution < 1.29 is 4.79 Å². The van der Waals surface area contributed by atoms with Gasteiger partial charge in [0, 0.05) is 30.9 Å². The highest BCUT2D eigenvalue weighted by atomic mass is 16.2. The van der Waals surface area contributed by atoms with E-state index in [1.54, 1.807) is 0 Å². The van der Waals surface area contributed by atoms with Crippen LogP contribution in [-0.4, -0.2) is 31.2 Å². The van der Waals surface area contributed by atoms with E-state index >= 15 is 0 Å². The number of urea groups is 1. The summed E-state index contributed by atoms with van der Waals surface area (Å²) in [7, 11) is 0. The normalized spacial score (nSPS) is 22.9. The van der Waals surface area contributed by atoms with E-state index in [0.29, 0.717) is 6.04 Å². The molecule has 1 aliphatic heterocycles. The van der Waals surface area contributed by atoms with E-state index in [1.807, 2.05) is 6.07 Å². The fourth-order valence-electron chi connectivity index (χ4n) is 2.39. The number of carbonyl (C=O) groups is 1. The molecule has 2 aliphatic rings. The Morgan fingerprint density at radius 1 is 1.06 bits per heavy atom. The van der Waals surface area contributed by atoms with E-state index in [0.717, 1.165) is 32.4 Å². The number of carbonyl (C=O) groups excluding carboxylic acids is 1. The highest BCUT2D eigenvalue weighted by Crippen LogP contribution is 2.20. The summed E-state index contributed by atoms with van der Waals surface area (Å²) in [6.07, 6.45) is 3.29. The molecule has 0 unspecified atom stereocenters. The summed E-state index contributed by atoms with van der Waals surface area (Å²) in [5, 5.41) is 6.03. The molecule has 1 heterocycles. The summed E-state index contributed by atoms with van der Waals surface area (Å²) in [4.78, 5) is 14.0. The molecule has 2 amide bonds. The molecule has 0 spiro atoms. The minimum atomic E-state index is -0.00240. The second-order valence-corrected chi connectivity index (χ2v) is 5.16. The Balaban J connectivity index is 1.50. The van der Waals surface area contributed by atoms with Crippen molar-refractivity contribution in [2.45, 2.75) is 31.3 Å². The summed E-state index contributed by atoms with van der Waals surface area (Å²) < 4.78 is 0. The zero-order valence-electron chi connectivity index (χ0n) is 10.4. The van der Waals surface area contributed by atoms with Crippen LogP contribution in [0.15, 0.2) is 30.3 Å². The average Bonchev–Trinajstić information content (AvgIpc) is 3.06. The van der Waals surface area contributed by atoms with Crippen LogP contribution >= 0.6 is 0 Å². The molecule has 1 aromatic carbocycles. The summed E-state index contributed by atoms with van der Waals surface area (Å²) in [5.74, 6) is 0. The van der Waals surface area contributed by atoms with E-state index in [1.165, 1.54) is 5.69 Å². The van der Waals surface area contributed by atoms with Crippen LogP contribution in [0.2, 0.25) is 0 Å². The van der Waals surface area contributed by atoms with Gasteiger partial charge in [0.2, 0.25) is 0 Å². The molecular weight excluding hydrogens is 226 g/mol. The highest BCUT2D eigenvalue weighted by Gasteiger charge is 2.27. The fraction of sp³-hybridized carbons (Fsp3) is 0.500. The van der Waals surface area contributed by atoms with Gasteiger partial charge >= 0.3 is 6.03 Å². The van der Waals surface area contributed by atoms with Crippen LogP contribution in [0.4, 0.5) is 10.5 Å². The molecule has 18 heavy (non-hydrogen) atoms. The first kappa shape index (κ1) is 11.4. The standard InChI is InChI=1S/C14H19N3O/c18-14(15-11-6-7-11)16-12-8-9-17(10-12)13-4-2-1-3-5-13/h1-5,11-12H,6-10H2,(H2,15,16,18)/t12-/m0/s1. The molecule has 0 radical (unpaired) electrons. The maximum Gasteiger partial charge on any atom is 0.315 e. The number of hydrogen-bond donors (Lipinski definition) is 2. The Kier molecular flexibility index (Phi) is 3.09. The van der Waals surface area contributed by atoms with E-state index in [2.05, 4.69) is 39.8 Å². The van der Waals surface area contributed by atoms with Crippen molar-refractivity contribution in [1.29, 1.82) is 0 Å². The number of benzene rings is 1. The number of para-hydroxylation sites is 1. The summed E-state index contributed by atoms with van der Waals surface area (Å²) in [6.45, 7) is 1.92. The van der Waals surface area contributed by atoms with Gasteiger partial charge in [-0.3, -0.25) is 0 Å². The number of anilines is 1. The van der Waals surface area contributed by atoms with Gasteiger partial charge < -0.3 is 15.5 Å². The van der Waals surface area contributed by atoms with Gasteiger partial charge in [-0.25, -0.2) is 4.79 Å². The van der Waals surface area contributed by atoms with Crippen LogP contribution in [0.3, 0.4) is 0 Å². The van der Waals surface area contributed by atoms with E-state index < -0.39 is 0 Å². The number of nitrogens with zero attached hydrogens (tertiary/aromatic N) is 1. The molecule has 2 fully saturated rings. The highest BCUT2D eigenvalue weighted by molar-refractivity contribution is 5.75. The maximum absolute atomic E-state index is 11.7. The summed E-state index contributed by atoms with van der Waals surface area (Å²) >= 11 is 0. The topological polar surface area (TPSA) is 44.4 Å². The third-order valence-corrected chi connectivity index (χ3v) is 3.56. The van der Waals surface area contributed by atoms with Crippen molar-refractivity contribution in [3.8, 4) is 0 Å². The van der Waals surface area contributed by atoms with Crippen LogP contribution in [-0.2, 0) is 0 Å². The first-order valence-electron chi connectivity index (χ1n) is 6.68. The molecule has 0 bridgehead atoms. The molecule has 2 N–H and O–H groups in total. The first-order chi connectivity index (χ1) is 8.81. The van der Waals surface area contributed by atoms with E-state index in [4.69, 9.17) is 0 Å². The van der Waals surface area contributed by atoms with Gasteiger partial charge in [-0.15, -0.1) is 0 Å². The molecule has 96 valence electrons. The quantitative estimate of drug-likeness (QED) is 0.851. The lowest BCUT2D eigenvalue weighted by Gasteiger charge is -2.19. The van der Waals surface area contributed by atoms with Gasteiger partial charge in [0.1, 0.15) is 0 Å². The maximum atomic E-state index is 11.7. The van der Waals surface area contributed by atoms with Crippen molar-refractivity contribution in [2.75, 3.05) is 18.0 Å². The molecular formula is C14H19N3O. The van der Waals surface area contributed by atoms with Crippen LogP contribution in [0.1, 0.15) is 19.3 Å². The Hall–Kier alpha value is -1.71. The third kappa shape index (κ3) is 2.75. The van der Waals surface area contributed by atoms with Gasteiger partial charge in [-0.05, 0) is 31.4 Å². The van der Waals surface area contributed by atoms with Gasteiger partial charge in [-0.1, -0.05) is 18.2 Å². The Labute approximate surface area is 107 Å². The van der Waals surface area contributed by atoms with Crippen molar-refractivity contribution >= 4 is 11.7 Å². The first-order valence-corrected chi connectivity index (χ1v) is 6.68. The van der Waals surface area contributed by atoms with Crippen molar-refractivity contribution in [1.82, 2.24) is 10.6 Å². The number of rotatable bonds is 3. The van der Waals surface area contributed by atoms with Crippen LogP contribution in [0, 0.1) is 0 Å². The molecule has 3 rings (SSSR count). The molecule has 1 atom stereocenters. The SMILES string of the molecule is O=C(NC1CC1)N[C@H]1CCN(c2ccccc2)C1. The van der Waals surface area contributed by atoms with Crippen molar-refractivity contribution in [3.05, 3.63) is 30.3 Å². The van der Waals surface area contributed by atoms with E-state index in [9.17, 15) is 4.79 Å². The predicted octanol–water partition coefficient (Wildman–Crippen LogP) is 1.73. The van der Waals surface area contributed by atoms with Crippen molar-refractivity contribution in [2.24, 2.45) is 0 Å². The predicted molar refractivity (Wildman–Crippen MR) is 71.7 cm³/mol. The lowest BCUT2D eigenvalue weighted by Crippen LogP contribution is -2.44. The second-order valence-electron chi connectivity index (χ2n) is 5.16. The van der Waals surface area contributed by atoms with E-state index in [-0.39, 0.29) is 12.1 Å². The van der Waals surface area contributed by atoms with Gasteiger partial charge in [0.05, 0.1) is 0 Å². The number of amides is 2. The number of hydrogen-bond acceptors (Lipinski definition) is 2. The Morgan fingerprint density at radius 2 is 1.78 bits per heavy atom. The smallest absolute Gasteiger partial charge is 0.315 e. The van der Waals surface area contributed by atoms with Gasteiger partial charge in [0.15, 0.2) is 0 Å². The Morgan fingerprint density at radius 3 is 2.50 bits per heavy atom. The third-order valence-electron chi connectivity index (χ3n) is 3.56. The monoisotopic (exact) mass is 245 g/mol. The van der Waals surface area contributed by atoms with Crippen molar-refractivity contribution in [3.63, 3.8) is 0 Å². The zero-order valence-corrected chi connectivity index (χ0v) is 10.4.